The van der Waals surface area contributed by atoms with Gasteiger partial charge >= 0.3 is 5.97 Å². The first-order valence-electron chi connectivity index (χ1n) is 7.28. The number of carboxylic acids is 1. The number of H-pyrrole nitrogens is 1. The predicted molar refractivity (Wildman–Crippen MR) is 75.0 cm³/mol. The van der Waals surface area contributed by atoms with Crippen molar-refractivity contribution in [2.24, 2.45) is 5.92 Å². The summed E-state index contributed by atoms with van der Waals surface area (Å²) in [6.07, 6.45) is 6.37. The molecular weight excluding hydrogens is 272 g/mol. The van der Waals surface area contributed by atoms with Crippen molar-refractivity contribution >= 4 is 11.9 Å². The van der Waals surface area contributed by atoms with Crippen LogP contribution in [0.25, 0.3) is 0 Å². The topological polar surface area (TPSA) is 90.5 Å². The Morgan fingerprint density at radius 1 is 1.29 bits per heavy atom. The number of carbonyl (C=O) groups is 2. The van der Waals surface area contributed by atoms with Crippen LogP contribution in [-0.2, 0) is 4.79 Å². The molecule has 6 nitrogen and oxygen atoms in total. The van der Waals surface area contributed by atoms with Crippen molar-refractivity contribution in [3.05, 3.63) is 34.2 Å². The van der Waals surface area contributed by atoms with E-state index in [1.807, 2.05) is 4.90 Å². The largest absolute Gasteiger partial charge is 0.481 e. The Hall–Kier alpha value is -2.11. The van der Waals surface area contributed by atoms with Gasteiger partial charge in [0.25, 0.3) is 5.91 Å². The van der Waals surface area contributed by atoms with Gasteiger partial charge in [0.15, 0.2) is 5.43 Å². The molecule has 112 valence electrons. The lowest BCUT2D eigenvalue weighted by Crippen LogP contribution is -2.47. The first-order valence-corrected chi connectivity index (χ1v) is 7.28. The number of nitrogens with one attached hydrogen (secondary N) is 1. The van der Waals surface area contributed by atoms with Crippen LogP contribution in [0.15, 0.2) is 23.3 Å². The van der Waals surface area contributed by atoms with Crippen molar-refractivity contribution in [2.75, 3.05) is 0 Å². The summed E-state index contributed by atoms with van der Waals surface area (Å²) in [7, 11) is 0. The lowest BCUT2D eigenvalue weighted by Gasteiger charge is -2.38. The molecule has 2 N–H and O–H groups in total. The summed E-state index contributed by atoms with van der Waals surface area (Å²) < 4.78 is 0. The van der Waals surface area contributed by atoms with Crippen LogP contribution in [0.3, 0.4) is 0 Å². The molecule has 0 aliphatic carbocycles. The molecular formula is C15H18N2O4. The van der Waals surface area contributed by atoms with Gasteiger partial charge in [0, 0.05) is 37.0 Å². The van der Waals surface area contributed by atoms with E-state index in [9.17, 15) is 14.4 Å². The molecule has 1 aromatic rings. The highest BCUT2D eigenvalue weighted by Gasteiger charge is 2.44. The molecule has 1 aromatic heterocycles. The summed E-state index contributed by atoms with van der Waals surface area (Å²) in [6.45, 7) is 0. The van der Waals surface area contributed by atoms with Gasteiger partial charge in [-0.2, -0.15) is 0 Å². The molecule has 3 heterocycles. The highest BCUT2D eigenvalue weighted by molar-refractivity contribution is 5.94. The zero-order valence-corrected chi connectivity index (χ0v) is 11.6. The standard InChI is InChI=1S/C15H18N2O4/c18-13-3-4-16-8-12(13)15(21)17-10-1-2-11(17)6-9(5-10)7-14(19)20/h3-4,8-11H,1-2,5-7H2,(H,16,18)(H,19,20). The highest BCUT2D eigenvalue weighted by atomic mass is 16.4. The van der Waals surface area contributed by atoms with Crippen molar-refractivity contribution in [3.63, 3.8) is 0 Å². The van der Waals surface area contributed by atoms with Gasteiger partial charge in [-0.3, -0.25) is 14.4 Å². The lowest BCUT2D eigenvalue weighted by atomic mass is 9.88. The van der Waals surface area contributed by atoms with Gasteiger partial charge < -0.3 is 15.0 Å². The van der Waals surface area contributed by atoms with Crippen LogP contribution in [0.1, 0.15) is 42.5 Å². The van der Waals surface area contributed by atoms with Crippen LogP contribution in [-0.4, -0.2) is 39.0 Å². The molecule has 0 spiro atoms. The molecule has 6 heteroatoms. The van der Waals surface area contributed by atoms with Crippen LogP contribution in [0, 0.1) is 5.92 Å². The molecule has 21 heavy (non-hydrogen) atoms. The SMILES string of the molecule is O=C(O)CC1CC2CCC(C1)N2C(=O)c1c[nH]ccc1=O. The monoisotopic (exact) mass is 290 g/mol. The fourth-order valence-electron chi connectivity index (χ4n) is 3.76. The predicted octanol–water partition coefficient (Wildman–Crippen LogP) is 1.23. The summed E-state index contributed by atoms with van der Waals surface area (Å²) in [4.78, 5) is 39.8. The van der Waals surface area contributed by atoms with E-state index in [-0.39, 0.29) is 41.3 Å². The van der Waals surface area contributed by atoms with Crippen molar-refractivity contribution in [1.82, 2.24) is 9.88 Å². The Morgan fingerprint density at radius 2 is 1.95 bits per heavy atom. The molecule has 3 rings (SSSR count). The Kier molecular flexibility index (Phi) is 3.53. The molecule has 2 unspecified atom stereocenters. The number of nitrogens with zero attached hydrogens (tertiary/aromatic N) is 1. The maximum Gasteiger partial charge on any atom is 0.303 e. The quantitative estimate of drug-likeness (QED) is 0.876. The zero-order valence-electron chi connectivity index (χ0n) is 11.6. The summed E-state index contributed by atoms with van der Waals surface area (Å²) >= 11 is 0. The molecule has 2 fully saturated rings. The molecule has 2 atom stereocenters. The third-order valence-corrected chi connectivity index (χ3v) is 4.58. The smallest absolute Gasteiger partial charge is 0.303 e. The third-order valence-electron chi connectivity index (χ3n) is 4.58. The highest BCUT2D eigenvalue weighted by Crippen LogP contribution is 2.40. The van der Waals surface area contributed by atoms with Crippen molar-refractivity contribution in [1.29, 1.82) is 0 Å². The number of rotatable bonds is 3. The van der Waals surface area contributed by atoms with Gasteiger partial charge in [0.05, 0.1) is 0 Å². The molecule has 0 aromatic carbocycles. The molecule has 1 amide bonds. The number of hydrogen-bond acceptors (Lipinski definition) is 3. The summed E-state index contributed by atoms with van der Waals surface area (Å²) in [5.41, 5.74) is -0.100. The summed E-state index contributed by atoms with van der Waals surface area (Å²) in [5.74, 6) is -0.866. The minimum Gasteiger partial charge on any atom is -0.481 e. The summed E-state index contributed by atoms with van der Waals surface area (Å²) in [6, 6.07) is 1.49. The molecule has 2 bridgehead atoms. The fraction of sp³-hybridized carbons (Fsp3) is 0.533. The van der Waals surface area contributed by atoms with E-state index in [2.05, 4.69) is 4.98 Å². The average Bonchev–Trinajstić information content (AvgIpc) is 2.69. The van der Waals surface area contributed by atoms with Gasteiger partial charge in [0.2, 0.25) is 0 Å². The van der Waals surface area contributed by atoms with Crippen molar-refractivity contribution in [2.45, 2.75) is 44.2 Å². The number of fused-ring (bicyclic) bond motifs is 2. The van der Waals surface area contributed by atoms with Gasteiger partial charge in [-0.1, -0.05) is 0 Å². The number of carboxylic acid groups (broad SMARTS) is 1. The Morgan fingerprint density at radius 3 is 2.52 bits per heavy atom. The molecule has 2 saturated heterocycles. The number of pyridine rings is 1. The van der Waals surface area contributed by atoms with E-state index in [0.717, 1.165) is 25.7 Å². The van der Waals surface area contributed by atoms with E-state index < -0.39 is 5.97 Å². The number of aliphatic carboxylic acids is 1. The Labute approximate surface area is 121 Å². The third kappa shape index (κ3) is 2.57. The van der Waals surface area contributed by atoms with E-state index in [1.54, 1.807) is 0 Å². The van der Waals surface area contributed by atoms with Crippen LogP contribution in [0.2, 0.25) is 0 Å². The number of aromatic nitrogens is 1. The normalized spacial score (nSPS) is 27.6. The number of piperidine rings is 1. The maximum absolute atomic E-state index is 12.6. The van der Waals surface area contributed by atoms with Gasteiger partial charge in [-0.25, -0.2) is 0 Å². The zero-order chi connectivity index (χ0) is 15.0. The first-order chi connectivity index (χ1) is 10.1. The second-order valence-electron chi connectivity index (χ2n) is 5.95. The van der Waals surface area contributed by atoms with E-state index in [1.165, 1.54) is 18.5 Å². The second kappa shape index (κ2) is 5.35. The second-order valence-corrected chi connectivity index (χ2v) is 5.95. The lowest BCUT2D eigenvalue weighted by molar-refractivity contribution is -0.138. The van der Waals surface area contributed by atoms with Crippen molar-refractivity contribution in [3.8, 4) is 0 Å². The first kappa shape index (κ1) is 13.9. The number of hydrogen-bond donors (Lipinski definition) is 2. The number of amides is 1. The summed E-state index contributed by atoms with van der Waals surface area (Å²) in [5, 5.41) is 8.92. The van der Waals surface area contributed by atoms with E-state index >= 15 is 0 Å². The van der Waals surface area contributed by atoms with Crippen LogP contribution >= 0.6 is 0 Å². The van der Waals surface area contributed by atoms with E-state index in [0.29, 0.717) is 0 Å². The molecule has 2 aliphatic rings. The maximum atomic E-state index is 12.6. The minimum absolute atomic E-state index is 0.0696. The van der Waals surface area contributed by atoms with Crippen molar-refractivity contribution < 1.29 is 14.7 Å². The Bertz CT molecular complexity index is 610. The number of carbonyl (C=O) groups excluding carboxylic acids is 1. The fourth-order valence-corrected chi connectivity index (χ4v) is 3.76. The average molecular weight is 290 g/mol. The minimum atomic E-state index is -0.779. The molecule has 0 saturated carbocycles. The van der Waals surface area contributed by atoms with Crippen LogP contribution in [0.4, 0.5) is 0 Å². The van der Waals surface area contributed by atoms with Gasteiger partial charge in [-0.05, 0) is 31.6 Å². The van der Waals surface area contributed by atoms with Crippen LogP contribution < -0.4 is 5.43 Å². The van der Waals surface area contributed by atoms with Gasteiger partial charge in [-0.15, -0.1) is 0 Å². The number of aromatic amines is 1. The Balaban J connectivity index is 1.79. The molecule has 2 aliphatic heterocycles. The van der Waals surface area contributed by atoms with Gasteiger partial charge in [0.1, 0.15) is 5.56 Å². The van der Waals surface area contributed by atoms with E-state index in [4.69, 9.17) is 5.11 Å². The van der Waals surface area contributed by atoms with Crippen LogP contribution in [0.5, 0.6) is 0 Å². The molecule has 0 radical (unpaired) electrons.